The van der Waals surface area contributed by atoms with Gasteiger partial charge in [-0.3, -0.25) is 4.79 Å². The van der Waals surface area contributed by atoms with Crippen molar-refractivity contribution in [3.05, 3.63) is 69.9 Å². The molecule has 0 aliphatic carbocycles. The van der Waals surface area contributed by atoms with Crippen LogP contribution in [0.15, 0.2) is 53.7 Å². The van der Waals surface area contributed by atoms with Crippen LogP contribution in [-0.2, 0) is 16.1 Å². The predicted molar refractivity (Wildman–Crippen MR) is 120 cm³/mol. The Hall–Kier alpha value is -3.19. The zero-order chi connectivity index (χ0) is 22.5. The number of amides is 1. The Morgan fingerprint density at radius 3 is 2.58 bits per heavy atom. The first kappa shape index (κ1) is 22.5. The monoisotopic (exact) mass is 443 g/mol. The van der Waals surface area contributed by atoms with Gasteiger partial charge in [-0.05, 0) is 18.6 Å². The number of carbonyl (C=O) groups excluding carboxylic acids is 2. The van der Waals surface area contributed by atoms with Gasteiger partial charge in [0.25, 0.3) is 5.91 Å². The summed E-state index contributed by atoms with van der Waals surface area (Å²) >= 11 is 6.09. The highest BCUT2D eigenvalue weighted by atomic mass is 35.5. The van der Waals surface area contributed by atoms with Crippen LogP contribution < -0.4 is 15.8 Å². The van der Waals surface area contributed by atoms with Gasteiger partial charge in [0.2, 0.25) is 0 Å². The molecular weight excluding hydrogens is 418 g/mol. The molecule has 1 aliphatic heterocycles. The number of ether oxygens (including phenoxy) is 2. The average Bonchev–Trinajstić information content (AvgIpc) is 3.09. The SMILES string of the molecule is COC(=O)C1=C(C)N(Cc2ccccc2)C(CNC(=O)c2cc(Cl)c(N)cc2OC)C1. The van der Waals surface area contributed by atoms with E-state index in [1.165, 1.54) is 26.4 Å². The van der Waals surface area contributed by atoms with E-state index in [0.29, 0.717) is 42.1 Å². The van der Waals surface area contributed by atoms with Crippen LogP contribution in [0.1, 0.15) is 29.3 Å². The summed E-state index contributed by atoms with van der Waals surface area (Å²) in [6.07, 6.45) is 0.477. The van der Waals surface area contributed by atoms with Crippen molar-refractivity contribution in [2.45, 2.75) is 25.9 Å². The fourth-order valence-electron chi connectivity index (χ4n) is 3.73. The molecule has 1 amide bonds. The number of hydrogen-bond acceptors (Lipinski definition) is 6. The molecule has 1 heterocycles. The molecule has 8 heteroatoms. The molecule has 2 aromatic rings. The van der Waals surface area contributed by atoms with Crippen molar-refractivity contribution in [1.82, 2.24) is 10.2 Å². The molecule has 31 heavy (non-hydrogen) atoms. The molecule has 2 aromatic carbocycles. The number of hydrogen-bond donors (Lipinski definition) is 2. The van der Waals surface area contributed by atoms with Crippen LogP contribution in [0.3, 0.4) is 0 Å². The van der Waals surface area contributed by atoms with E-state index in [9.17, 15) is 9.59 Å². The van der Waals surface area contributed by atoms with Crippen LogP contribution >= 0.6 is 11.6 Å². The summed E-state index contributed by atoms with van der Waals surface area (Å²) in [5.41, 5.74) is 9.01. The number of allylic oxidation sites excluding steroid dienone is 1. The fraction of sp³-hybridized carbons (Fsp3) is 0.304. The topological polar surface area (TPSA) is 93.9 Å². The first-order chi connectivity index (χ1) is 14.8. The molecule has 0 fully saturated rings. The minimum Gasteiger partial charge on any atom is -0.496 e. The minimum atomic E-state index is -0.351. The van der Waals surface area contributed by atoms with Crippen LogP contribution in [0.5, 0.6) is 5.75 Å². The van der Waals surface area contributed by atoms with Gasteiger partial charge < -0.3 is 25.4 Å². The zero-order valence-electron chi connectivity index (χ0n) is 17.8. The summed E-state index contributed by atoms with van der Waals surface area (Å²) in [7, 11) is 2.84. The third kappa shape index (κ3) is 4.94. The zero-order valence-corrected chi connectivity index (χ0v) is 18.5. The van der Waals surface area contributed by atoms with Crippen molar-refractivity contribution >= 4 is 29.2 Å². The summed E-state index contributed by atoms with van der Waals surface area (Å²) in [6.45, 7) is 2.85. The van der Waals surface area contributed by atoms with E-state index in [1.54, 1.807) is 0 Å². The van der Waals surface area contributed by atoms with E-state index >= 15 is 0 Å². The number of nitrogens with one attached hydrogen (secondary N) is 1. The Morgan fingerprint density at radius 1 is 1.23 bits per heavy atom. The van der Waals surface area contributed by atoms with Crippen molar-refractivity contribution in [3.8, 4) is 5.75 Å². The molecule has 0 spiro atoms. The molecule has 0 aromatic heterocycles. The van der Waals surface area contributed by atoms with Crippen molar-refractivity contribution in [1.29, 1.82) is 0 Å². The lowest BCUT2D eigenvalue weighted by Gasteiger charge is -2.29. The van der Waals surface area contributed by atoms with Gasteiger partial charge in [-0.15, -0.1) is 0 Å². The molecule has 7 nitrogen and oxygen atoms in total. The summed E-state index contributed by atoms with van der Waals surface area (Å²) in [5.74, 6) is -0.338. The number of halogens is 1. The minimum absolute atomic E-state index is 0.103. The first-order valence-corrected chi connectivity index (χ1v) is 10.2. The summed E-state index contributed by atoms with van der Waals surface area (Å²) < 4.78 is 10.2. The maximum atomic E-state index is 12.8. The van der Waals surface area contributed by atoms with Gasteiger partial charge in [-0.2, -0.15) is 0 Å². The Bertz CT molecular complexity index is 1010. The fourth-order valence-corrected chi connectivity index (χ4v) is 3.89. The third-order valence-electron chi connectivity index (χ3n) is 5.44. The van der Waals surface area contributed by atoms with Gasteiger partial charge in [0.05, 0.1) is 42.1 Å². The lowest BCUT2D eigenvalue weighted by molar-refractivity contribution is -0.136. The van der Waals surface area contributed by atoms with E-state index in [0.717, 1.165) is 11.3 Å². The number of nitrogens with zero attached hydrogens (tertiary/aromatic N) is 1. The second-order valence-electron chi connectivity index (χ2n) is 7.31. The number of methoxy groups -OCH3 is 2. The van der Waals surface area contributed by atoms with Crippen LogP contribution in [0.2, 0.25) is 5.02 Å². The van der Waals surface area contributed by atoms with Crippen molar-refractivity contribution in [3.63, 3.8) is 0 Å². The van der Waals surface area contributed by atoms with Crippen LogP contribution in [0.4, 0.5) is 5.69 Å². The molecule has 0 saturated heterocycles. The van der Waals surface area contributed by atoms with Crippen molar-refractivity contribution in [2.75, 3.05) is 26.5 Å². The van der Waals surface area contributed by atoms with E-state index in [1.807, 2.05) is 37.3 Å². The largest absolute Gasteiger partial charge is 0.496 e. The Morgan fingerprint density at radius 2 is 1.94 bits per heavy atom. The first-order valence-electron chi connectivity index (χ1n) is 9.85. The lowest BCUT2D eigenvalue weighted by Crippen LogP contribution is -2.40. The normalized spacial score (nSPS) is 15.7. The molecule has 3 rings (SSSR count). The lowest BCUT2D eigenvalue weighted by atomic mass is 10.1. The summed E-state index contributed by atoms with van der Waals surface area (Å²) in [5, 5.41) is 3.22. The molecule has 1 aliphatic rings. The summed E-state index contributed by atoms with van der Waals surface area (Å²) in [4.78, 5) is 27.2. The van der Waals surface area contributed by atoms with E-state index in [4.69, 9.17) is 26.8 Å². The van der Waals surface area contributed by atoms with Gasteiger partial charge in [0.15, 0.2) is 0 Å². The highest BCUT2D eigenvalue weighted by Gasteiger charge is 2.33. The number of rotatable bonds is 7. The highest BCUT2D eigenvalue weighted by Crippen LogP contribution is 2.32. The smallest absolute Gasteiger partial charge is 0.335 e. The molecular formula is C23H26ClN3O4. The molecule has 1 unspecified atom stereocenters. The van der Waals surface area contributed by atoms with E-state index in [2.05, 4.69) is 10.2 Å². The van der Waals surface area contributed by atoms with E-state index in [-0.39, 0.29) is 22.9 Å². The van der Waals surface area contributed by atoms with Gasteiger partial charge in [-0.1, -0.05) is 41.9 Å². The molecule has 164 valence electrons. The van der Waals surface area contributed by atoms with Crippen molar-refractivity contribution in [2.24, 2.45) is 0 Å². The van der Waals surface area contributed by atoms with Gasteiger partial charge in [0, 0.05) is 31.3 Å². The molecule has 0 saturated carbocycles. The van der Waals surface area contributed by atoms with Gasteiger partial charge in [-0.25, -0.2) is 4.79 Å². The number of nitrogens with two attached hydrogens (primary N) is 1. The molecule has 0 bridgehead atoms. The Balaban J connectivity index is 1.78. The van der Waals surface area contributed by atoms with Crippen molar-refractivity contribution < 1.29 is 19.1 Å². The Kier molecular flexibility index (Phi) is 7.07. The Labute approximate surface area is 186 Å². The van der Waals surface area contributed by atoms with Crippen LogP contribution in [0.25, 0.3) is 0 Å². The maximum absolute atomic E-state index is 12.8. The average molecular weight is 444 g/mol. The predicted octanol–water partition coefficient (Wildman–Crippen LogP) is 3.38. The summed E-state index contributed by atoms with van der Waals surface area (Å²) in [6, 6.07) is 12.9. The number of anilines is 1. The molecule has 3 N–H and O–H groups in total. The number of benzene rings is 2. The van der Waals surface area contributed by atoms with Crippen LogP contribution in [0, 0.1) is 0 Å². The molecule has 1 atom stereocenters. The standard InChI is InChI=1S/C23H26ClN3O4/c1-14-17(23(29)31-3)9-16(27(14)13-15-7-5-4-6-8-15)12-26-22(28)18-10-19(24)20(25)11-21(18)30-2/h4-8,10-11,16H,9,12-13,25H2,1-3H3,(H,26,28). The highest BCUT2D eigenvalue weighted by molar-refractivity contribution is 6.33. The third-order valence-corrected chi connectivity index (χ3v) is 5.76. The second-order valence-corrected chi connectivity index (χ2v) is 7.72. The second kappa shape index (κ2) is 9.75. The number of carbonyl (C=O) groups is 2. The quantitative estimate of drug-likeness (QED) is 0.503. The number of esters is 1. The van der Waals surface area contributed by atoms with Gasteiger partial charge >= 0.3 is 5.97 Å². The number of nitrogen functional groups attached to an aromatic ring is 1. The van der Waals surface area contributed by atoms with Crippen LogP contribution in [-0.4, -0.2) is 43.6 Å². The van der Waals surface area contributed by atoms with Gasteiger partial charge in [0.1, 0.15) is 5.75 Å². The molecule has 0 radical (unpaired) electrons. The van der Waals surface area contributed by atoms with E-state index < -0.39 is 0 Å². The maximum Gasteiger partial charge on any atom is 0.335 e.